The summed E-state index contributed by atoms with van der Waals surface area (Å²) in [4.78, 5) is 46.1. The van der Waals surface area contributed by atoms with Crippen molar-refractivity contribution in [2.24, 2.45) is 23.2 Å². The highest BCUT2D eigenvalue weighted by atomic mass is 16.5. The standard InChI is InChI=1S/C29H39N3O4/c1-36-24-5-2-4-20(15-24)16-26(33)30-8-10-31(11-9-30)27(34)25-6-3-7-32(25)28(35)29-17-21-12-22(18-29)14-23(13-21)19-29/h2,4-5,15,21-23,25H,3,6-14,16-19H2,1H3. The van der Waals surface area contributed by atoms with E-state index in [0.29, 0.717) is 32.6 Å². The number of ether oxygens (including phenoxy) is 1. The highest BCUT2D eigenvalue weighted by molar-refractivity contribution is 5.91. The van der Waals surface area contributed by atoms with Crippen LogP contribution in [-0.4, -0.2) is 78.3 Å². The zero-order valence-corrected chi connectivity index (χ0v) is 21.5. The highest BCUT2D eigenvalue weighted by Gasteiger charge is 2.57. The monoisotopic (exact) mass is 493 g/mol. The van der Waals surface area contributed by atoms with Crippen LogP contribution in [0.15, 0.2) is 24.3 Å². The highest BCUT2D eigenvalue weighted by Crippen LogP contribution is 2.60. The Hall–Kier alpha value is -2.57. The normalized spacial score (nSPS) is 33.2. The van der Waals surface area contributed by atoms with E-state index in [1.54, 1.807) is 7.11 Å². The second kappa shape index (κ2) is 9.38. The number of carbonyl (C=O) groups excluding carboxylic acids is 3. The number of likely N-dealkylation sites (tertiary alicyclic amines) is 1. The lowest BCUT2D eigenvalue weighted by molar-refractivity contribution is -0.162. The Morgan fingerprint density at radius 1 is 0.917 bits per heavy atom. The van der Waals surface area contributed by atoms with Gasteiger partial charge >= 0.3 is 0 Å². The van der Waals surface area contributed by atoms with Crippen molar-refractivity contribution in [3.05, 3.63) is 29.8 Å². The van der Waals surface area contributed by atoms with E-state index in [2.05, 4.69) is 0 Å². The molecule has 7 heteroatoms. The van der Waals surface area contributed by atoms with Crippen molar-refractivity contribution in [1.82, 2.24) is 14.7 Å². The average Bonchev–Trinajstić information content (AvgIpc) is 3.37. The fourth-order valence-electron chi connectivity index (χ4n) is 8.40. The number of rotatable bonds is 5. The van der Waals surface area contributed by atoms with E-state index in [9.17, 15) is 14.4 Å². The molecule has 36 heavy (non-hydrogen) atoms. The Kier molecular flexibility index (Phi) is 6.21. The molecule has 194 valence electrons. The van der Waals surface area contributed by atoms with Crippen LogP contribution < -0.4 is 4.74 Å². The molecule has 2 saturated heterocycles. The second-order valence-electron chi connectivity index (χ2n) is 12.1. The topological polar surface area (TPSA) is 70.2 Å². The van der Waals surface area contributed by atoms with Crippen LogP contribution in [0.4, 0.5) is 0 Å². The van der Waals surface area contributed by atoms with E-state index in [-0.39, 0.29) is 29.2 Å². The number of benzene rings is 1. The van der Waals surface area contributed by atoms with Gasteiger partial charge in [-0.15, -0.1) is 0 Å². The molecule has 0 radical (unpaired) electrons. The van der Waals surface area contributed by atoms with E-state index in [1.165, 1.54) is 19.3 Å². The lowest BCUT2D eigenvalue weighted by atomic mass is 9.49. The first-order valence-electron chi connectivity index (χ1n) is 13.9. The van der Waals surface area contributed by atoms with Gasteiger partial charge in [0.2, 0.25) is 17.7 Å². The number of hydrogen-bond donors (Lipinski definition) is 0. The zero-order chi connectivity index (χ0) is 24.9. The molecular formula is C29H39N3O4. The minimum absolute atomic E-state index is 0.0786. The van der Waals surface area contributed by atoms with Crippen LogP contribution in [-0.2, 0) is 20.8 Å². The minimum atomic E-state index is -0.315. The van der Waals surface area contributed by atoms with Crippen molar-refractivity contribution >= 4 is 17.7 Å². The number of methoxy groups -OCH3 is 1. The minimum Gasteiger partial charge on any atom is -0.497 e. The van der Waals surface area contributed by atoms with E-state index in [1.807, 2.05) is 39.0 Å². The van der Waals surface area contributed by atoms with Gasteiger partial charge in [0.05, 0.1) is 18.9 Å². The van der Waals surface area contributed by atoms with Crippen molar-refractivity contribution in [1.29, 1.82) is 0 Å². The van der Waals surface area contributed by atoms with Crippen LogP contribution in [0.3, 0.4) is 0 Å². The van der Waals surface area contributed by atoms with Gasteiger partial charge in [0.1, 0.15) is 11.8 Å². The van der Waals surface area contributed by atoms with Gasteiger partial charge in [-0.3, -0.25) is 14.4 Å². The smallest absolute Gasteiger partial charge is 0.245 e. The number of hydrogen-bond acceptors (Lipinski definition) is 4. The molecule has 0 spiro atoms. The first kappa shape index (κ1) is 23.8. The Balaban J connectivity index is 1.06. The lowest BCUT2D eigenvalue weighted by Crippen LogP contribution is -2.59. The predicted molar refractivity (Wildman–Crippen MR) is 135 cm³/mol. The summed E-state index contributed by atoms with van der Waals surface area (Å²) in [5.74, 6) is 3.36. The SMILES string of the molecule is COc1cccc(CC(=O)N2CCN(C(=O)C3CCCN3C(=O)C34CC5CC(CC(C5)C3)C4)CC2)c1. The summed E-state index contributed by atoms with van der Waals surface area (Å²) in [5.41, 5.74) is 0.741. The average molecular weight is 494 g/mol. The van der Waals surface area contributed by atoms with Crippen LogP contribution in [0.2, 0.25) is 0 Å². The van der Waals surface area contributed by atoms with Crippen molar-refractivity contribution in [3.8, 4) is 5.75 Å². The Morgan fingerprint density at radius 2 is 1.56 bits per heavy atom. The lowest BCUT2D eigenvalue weighted by Gasteiger charge is -2.56. The first-order chi connectivity index (χ1) is 17.4. The maximum Gasteiger partial charge on any atom is 0.245 e. The van der Waals surface area contributed by atoms with Gasteiger partial charge in [0.15, 0.2) is 0 Å². The summed E-state index contributed by atoms with van der Waals surface area (Å²) >= 11 is 0. The molecule has 6 fully saturated rings. The summed E-state index contributed by atoms with van der Waals surface area (Å²) in [7, 11) is 1.62. The molecule has 7 nitrogen and oxygen atoms in total. The number of amides is 3. The summed E-state index contributed by atoms with van der Waals surface area (Å²) in [6, 6.07) is 7.29. The quantitative estimate of drug-likeness (QED) is 0.632. The fraction of sp³-hybridized carbons (Fsp3) is 0.690. The van der Waals surface area contributed by atoms with Crippen molar-refractivity contribution in [3.63, 3.8) is 0 Å². The fourth-order valence-corrected chi connectivity index (χ4v) is 8.40. The molecule has 7 rings (SSSR count). The van der Waals surface area contributed by atoms with Gasteiger partial charge in [-0.05, 0) is 86.8 Å². The predicted octanol–water partition coefficient (Wildman–Crippen LogP) is 3.12. The summed E-state index contributed by atoms with van der Waals surface area (Å²) in [6.07, 6.45) is 9.09. The molecule has 1 aromatic rings. The van der Waals surface area contributed by atoms with E-state index >= 15 is 0 Å². The summed E-state index contributed by atoms with van der Waals surface area (Å²) in [6.45, 7) is 2.89. The Morgan fingerprint density at radius 3 is 2.19 bits per heavy atom. The second-order valence-corrected chi connectivity index (χ2v) is 12.1. The third kappa shape index (κ3) is 4.28. The molecule has 0 N–H and O–H groups in total. The third-order valence-electron chi connectivity index (χ3n) is 9.72. The van der Waals surface area contributed by atoms with E-state index in [0.717, 1.165) is 67.7 Å². The van der Waals surface area contributed by atoms with E-state index < -0.39 is 0 Å². The maximum absolute atomic E-state index is 14.0. The molecule has 1 aromatic carbocycles. The molecule has 2 aliphatic heterocycles. The van der Waals surface area contributed by atoms with Crippen molar-refractivity contribution < 1.29 is 19.1 Å². The Bertz CT molecular complexity index is 996. The molecule has 2 heterocycles. The van der Waals surface area contributed by atoms with Gasteiger partial charge in [-0.1, -0.05) is 12.1 Å². The van der Waals surface area contributed by atoms with E-state index in [4.69, 9.17) is 4.74 Å². The summed E-state index contributed by atoms with van der Waals surface area (Å²) in [5, 5.41) is 0. The first-order valence-corrected chi connectivity index (χ1v) is 13.9. The number of piperazine rings is 1. The van der Waals surface area contributed by atoms with Crippen LogP contribution in [0.1, 0.15) is 56.9 Å². The van der Waals surface area contributed by atoms with Crippen molar-refractivity contribution in [2.75, 3.05) is 39.8 Å². The third-order valence-corrected chi connectivity index (χ3v) is 9.72. The molecular weight excluding hydrogens is 454 g/mol. The van der Waals surface area contributed by atoms with Crippen LogP contribution in [0, 0.1) is 23.2 Å². The van der Waals surface area contributed by atoms with Crippen LogP contribution in [0.25, 0.3) is 0 Å². The molecule has 6 aliphatic rings. The van der Waals surface area contributed by atoms with Crippen molar-refractivity contribution in [2.45, 2.75) is 63.8 Å². The molecule has 4 saturated carbocycles. The van der Waals surface area contributed by atoms with Gasteiger partial charge < -0.3 is 19.4 Å². The van der Waals surface area contributed by atoms with Gasteiger partial charge in [0, 0.05) is 32.7 Å². The zero-order valence-electron chi connectivity index (χ0n) is 21.5. The van der Waals surface area contributed by atoms with Gasteiger partial charge in [0.25, 0.3) is 0 Å². The van der Waals surface area contributed by atoms with Gasteiger partial charge in [-0.2, -0.15) is 0 Å². The van der Waals surface area contributed by atoms with Crippen LogP contribution >= 0.6 is 0 Å². The number of nitrogens with zero attached hydrogens (tertiary/aromatic N) is 3. The molecule has 4 aliphatic carbocycles. The molecule has 4 bridgehead atoms. The maximum atomic E-state index is 14.0. The van der Waals surface area contributed by atoms with Crippen LogP contribution in [0.5, 0.6) is 5.75 Å². The molecule has 0 aromatic heterocycles. The summed E-state index contributed by atoms with van der Waals surface area (Å²) < 4.78 is 5.27. The van der Waals surface area contributed by atoms with Gasteiger partial charge in [-0.25, -0.2) is 0 Å². The number of carbonyl (C=O) groups is 3. The molecule has 1 unspecified atom stereocenters. The molecule has 1 atom stereocenters. The Labute approximate surface area is 214 Å². The largest absolute Gasteiger partial charge is 0.497 e. The molecule has 3 amide bonds.